The predicted octanol–water partition coefficient (Wildman–Crippen LogP) is 1.73. The first-order valence-electron chi connectivity index (χ1n) is 2.68. The molecule has 14 heteroatoms. The van der Waals surface area contributed by atoms with Gasteiger partial charge in [0, 0.05) is 0 Å². The summed E-state index contributed by atoms with van der Waals surface area (Å²) in [5.41, 5.74) is 0. The summed E-state index contributed by atoms with van der Waals surface area (Å²) < 4.78 is 112. The van der Waals surface area contributed by atoms with E-state index in [4.69, 9.17) is 0 Å². The molecule has 0 saturated carbocycles. The van der Waals surface area contributed by atoms with Crippen LogP contribution >= 0.6 is 15.2 Å². The van der Waals surface area contributed by atoms with Crippen LogP contribution in [-0.2, 0) is 9.13 Å². The fourth-order valence-corrected chi connectivity index (χ4v) is 2.66. The molecule has 16 heavy (non-hydrogen) atoms. The third-order valence-electron chi connectivity index (χ3n) is 0.917. The Hall–Kier alpha value is 0.457. The van der Waals surface area contributed by atoms with Crippen LogP contribution in [0, 0.1) is 0 Å². The molecule has 0 amide bonds. The Morgan fingerprint density at radius 3 is 1.12 bits per heavy atom. The average molecular weight is 291 g/mol. The molecule has 3 nitrogen and oxygen atoms in total. The SMILES string of the molecule is O=P(F)(F)[N-]P(=O)(C(F)(F)F)C(F)(F)F.[Li+]. The Morgan fingerprint density at radius 2 is 1.06 bits per heavy atom. The molecule has 0 aliphatic heterocycles. The van der Waals surface area contributed by atoms with Crippen molar-refractivity contribution in [3.05, 3.63) is 4.86 Å². The number of nitrogens with zero attached hydrogens (tertiary/aromatic N) is 1. The molecule has 0 fully saturated rings. The number of hydrogen-bond acceptors (Lipinski definition) is 2. The van der Waals surface area contributed by atoms with Gasteiger partial charge in [-0.05, 0) is 0 Å². The van der Waals surface area contributed by atoms with Crippen molar-refractivity contribution in [3.63, 3.8) is 0 Å². The molecule has 0 aromatic rings. The van der Waals surface area contributed by atoms with E-state index in [0.29, 0.717) is 4.86 Å². The fourth-order valence-electron chi connectivity index (χ4n) is 0.392. The van der Waals surface area contributed by atoms with Crippen LogP contribution in [0.3, 0.4) is 0 Å². The van der Waals surface area contributed by atoms with E-state index < -0.39 is 27.0 Å². The van der Waals surface area contributed by atoms with Crippen molar-refractivity contribution in [2.24, 2.45) is 0 Å². The summed E-state index contributed by atoms with van der Waals surface area (Å²) in [5.74, 6) is -13.1. The normalized spacial score (nSPS) is 14.5. The number of halogens is 8. The third kappa shape index (κ3) is 4.38. The van der Waals surface area contributed by atoms with Crippen LogP contribution in [0.2, 0.25) is 0 Å². The van der Waals surface area contributed by atoms with Crippen molar-refractivity contribution >= 4 is 15.2 Å². The predicted molar refractivity (Wildman–Crippen MR) is 32.9 cm³/mol. The molecule has 0 rings (SSSR count). The monoisotopic (exact) mass is 291 g/mol. The second-order valence-electron chi connectivity index (χ2n) is 2.04. The van der Waals surface area contributed by atoms with Gasteiger partial charge in [-0.25, -0.2) is 0 Å². The van der Waals surface area contributed by atoms with Gasteiger partial charge >= 0.3 is 38.6 Å². The van der Waals surface area contributed by atoms with E-state index in [-0.39, 0.29) is 18.9 Å². The van der Waals surface area contributed by atoms with Gasteiger partial charge in [-0.3, -0.25) is 4.57 Å². The minimum absolute atomic E-state index is 0. The van der Waals surface area contributed by atoms with Gasteiger partial charge in [0.2, 0.25) is 7.29 Å². The molecule has 0 atom stereocenters. The number of alkyl halides is 6. The maximum absolute atomic E-state index is 11.6. The summed E-state index contributed by atoms with van der Waals surface area (Å²) >= 11 is 0. The Kier molecular flexibility index (Phi) is 5.86. The van der Waals surface area contributed by atoms with Gasteiger partial charge in [0.05, 0.1) is 0 Å². The maximum Gasteiger partial charge on any atom is 1.00 e. The first kappa shape index (κ1) is 18.8. The summed E-state index contributed by atoms with van der Waals surface area (Å²) in [4.78, 5) is 0.611. The van der Waals surface area contributed by atoms with E-state index in [0.717, 1.165) is 0 Å². The quantitative estimate of drug-likeness (QED) is 0.442. The van der Waals surface area contributed by atoms with Gasteiger partial charge in [0.15, 0.2) is 0 Å². The van der Waals surface area contributed by atoms with Crippen molar-refractivity contribution < 1.29 is 62.7 Å². The first-order valence-corrected chi connectivity index (χ1v) is 5.79. The maximum atomic E-state index is 11.6. The molecular formula is C2F8LiNO2P2. The van der Waals surface area contributed by atoms with E-state index in [9.17, 15) is 43.9 Å². The van der Waals surface area contributed by atoms with Crippen LogP contribution in [0.4, 0.5) is 34.7 Å². The van der Waals surface area contributed by atoms with Gasteiger partial charge in [-0.2, -0.15) is 34.7 Å². The second kappa shape index (κ2) is 4.99. The average Bonchev–Trinajstić information content (AvgIpc) is 1.77. The minimum atomic E-state index is -7.60. The molecule has 0 aromatic heterocycles. The zero-order valence-electron chi connectivity index (χ0n) is 7.18. The third-order valence-corrected chi connectivity index (χ3v) is 4.13. The molecule has 0 unspecified atom stereocenters. The molecule has 92 valence electrons. The molecule has 0 saturated heterocycles. The van der Waals surface area contributed by atoms with Gasteiger partial charge in [0.1, 0.15) is 0 Å². The largest absolute Gasteiger partial charge is 1.00 e. The van der Waals surface area contributed by atoms with E-state index in [1.165, 1.54) is 0 Å². The van der Waals surface area contributed by atoms with Crippen LogP contribution in [0.25, 0.3) is 4.86 Å². The summed E-state index contributed by atoms with van der Waals surface area (Å²) in [5, 5.41) is 0. The summed E-state index contributed by atoms with van der Waals surface area (Å²) in [6.07, 6.45) is 0. The van der Waals surface area contributed by atoms with Gasteiger partial charge in [-0.15, -0.1) is 0 Å². The van der Waals surface area contributed by atoms with Crippen LogP contribution in [0.5, 0.6) is 0 Å². The Morgan fingerprint density at radius 1 is 0.812 bits per heavy atom. The van der Waals surface area contributed by atoms with E-state index in [2.05, 4.69) is 0 Å². The topological polar surface area (TPSA) is 48.2 Å². The zero-order chi connectivity index (χ0) is 12.7. The smallest absolute Gasteiger partial charge is 0.474 e. The van der Waals surface area contributed by atoms with Crippen LogP contribution < -0.4 is 18.9 Å². The van der Waals surface area contributed by atoms with Crippen LogP contribution in [-0.4, -0.2) is 11.8 Å². The van der Waals surface area contributed by atoms with Crippen LogP contribution in [0.15, 0.2) is 0 Å². The minimum Gasteiger partial charge on any atom is -0.474 e. The zero-order valence-corrected chi connectivity index (χ0v) is 8.97. The molecule has 0 bridgehead atoms. The van der Waals surface area contributed by atoms with E-state index >= 15 is 0 Å². The van der Waals surface area contributed by atoms with Crippen molar-refractivity contribution in [2.75, 3.05) is 0 Å². The standard InChI is InChI=1S/C2F8NO2P2.Li/c3-1(4,5)14(12,2(6,7)8)11-15(9,10)13;/q-1;+1. The Balaban J connectivity index is 0. The van der Waals surface area contributed by atoms with Crippen molar-refractivity contribution in [3.8, 4) is 0 Å². The van der Waals surface area contributed by atoms with Crippen molar-refractivity contribution in [1.82, 2.24) is 0 Å². The van der Waals surface area contributed by atoms with E-state index in [1.807, 2.05) is 0 Å². The molecule has 0 radical (unpaired) electrons. The van der Waals surface area contributed by atoms with Crippen LogP contribution in [0.1, 0.15) is 0 Å². The molecule has 0 N–H and O–H groups in total. The molecule has 0 spiro atoms. The van der Waals surface area contributed by atoms with E-state index in [1.54, 1.807) is 0 Å². The Labute approximate surface area is 95.2 Å². The first-order chi connectivity index (χ1) is 6.21. The molecular weight excluding hydrogens is 291 g/mol. The fraction of sp³-hybridized carbons (Fsp3) is 1.00. The van der Waals surface area contributed by atoms with Crippen molar-refractivity contribution in [1.29, 1.82) is 0 Å². The molecule has 0 aliphatic carbocycles. The summed E-state index contributed by atoms with van der Waals surface area (Å²) in [6.45, 7) is 0. The summed E-state index contributed by atoms with van der Waals surface area (Å²) in [6, 6.07) is 0. The van der Waals surface area contributed by atoms with Gasteiger partial charge in [0.25, 0.3) is 0 Å². The summed E-state index contributed by atoms with van der Waals surface area (Å²) in [7, 11) is -14.7. The van der Waals surface area contributed by atoms with Crippen molar-refractivity contribution in [2.45, 2.75) is 11.8 Å². The molecule has 0 aromatic carbocycles. The molecule has 0 aliphatic rings. The Bertz CT molecular complexity index is 312. The number of rotatable bonds is 2. The van der Waals surface area contributed by atoms with Gasteiger partial charge in [-0.1, -0.05) is 0 Å². The molecule has 0 heterocycles. The second-order valence-corrected chi connectivity index (χ2v) is 5.79. The van der Waals surface area contributed by atoms with Gasteiger partial charge < -0.3 is 9.42 Å². The number of hydrogen-bond donors (Lipinski definition) is 0.